The second-order valence-corrected chi connectivity index (χ2v) is 5.65. The van der Waals surface area contributed by atoms with Crippen LogP contribution in [-0.4, -0.2) is 23.9 Å². The lowest BCUT2D eigenvalue weighted by atomic mass is 10.1. The summed E-state index contributed by atoms with van der Waals surface area (Å²) in [5.41, 5.74) is 3.46. The van der Waals surface area contributed by atoms with Crippen LogP contribution >= 0.6 is 0 Å². The average Bonchev–Trinajstić information content (AvgIpc) is 2.65. The molecule has 124 valence electrons. The van der Waals surface area contributed by atoms with Crippen LogP contribution in [0.2, 0.25) is 0 Å². The molecule has 2 aromatic carbocycles. The summed E-state index contributed by atoms with van der Waals surface area (Å²) in [5.74, 6) is -0.133. The van der Waals surface area contributed by atoms with Crippen LogP contribution < -0.4 is 5.32 Å². The van der Waals surface area contributed by atoms with Crippen molar-refractivity contribution in [1.82, 2.24) is 10.2 Å². The van der Waals surface area contributed by atoms with Crippen molar-refractivity contribution in [2.75, 3.05) is 13.1 Å². The third-order valence-corrected chi connectivity index (χ3v) is 4.05. The average molecular weight is 321 g/mol. The largest absolute Gasteiger partial charge is 0.348 e. The SMILES string of the molecule is CCN(CC)Cc1ccc(CNC(=O)c2ccc(C#N)cc2)cc1. The van der Waals surface area contributed by atoms with Crippen molar-refractivity contribution in [2.24, 2.45) is 0 Å². The maximum atomic E-state index is 12.1. The predicted molar refractivity (Wildman–Crippen MR) is 95.4 cm³/mol. The summed E-state index contributed by atoms with van der Waals surface area (Å²) in [6.07, 6.45) is 0. The van der Waals surface area contributed by atoms with Gasteiger partial charge >= 0.3 is 0 Å². The van der Waals surface area contributed by atoms with Crippen LogP contribution in [0.15, 0.2) is 48.5 Å². The summed E-state index contributed by atoms with van der Waals surface area (Å²) < 4.78 is 0. The molecule has 4 heteroatoms. The molecule has 0 heterocycles. The van der Waals surface area contributed by atoms with Gasteiger partial charge in [-0.15, -0.1) is 0 Å². The van der Waals surface area contributed by atoms with Crippen molar-refractivity contribution in [1.29, 1.82) is 5.26 Å². The van der Waals surface area contributed by atoms with E-state index in [1.165, 1.54) is 5.56 Å². The minimum atomic E-state index is -0.133. The highest BCUT2D eigenvalue weighted by atomic mass is 16.1. The van der Waals surface area contributed by atoms with Gasteiger partial charge in [0.05, 0.1) is 11.6 Å². The Balaban J connectivity index is 1.89. The number of hydrogen-bond acceptors (Lipinski definition) is 3. The van der Waals surface area contributed by atoms with Gasteiger partial charge in [-0.25, -0.2) is 0 Å². The molecular weight excluding hydrogens is 298 g/mol. The summed E-state index contributed by atoms with van der Waals surface area (Å²) in [7, 11) is 0. The third kappa shape index (κ3) is 4.94. The number of carbonyl (C=O) groups excluding carboxylic acids is 1. The first-order valence-electron chi connectivity index (χ1n) is 8.24. The van der Waals surface area contributed by atoms with E-state index in [1.807, 2.05) is 6.07 Å². The van der Waals surface area contributed by atoms with E-state index in [9.17, 15) is 4.79 Å². The molecule has 0 bridgehead atoms. The Morgan fingerprint density at radius 2 is 1.58 bits per heavy atom. The first-order chi connectivity index (χ1) is 11.7. The fourth-order valence-electron chi connectivity index (χ4n) is 2.45. The highest BCUT2D eigenvalue weighted by molar-refractivity contribution is 5.94. The van der Waals surface area contributed by atoms with Crippen LogP contribution in [-0.2, 0) is 13.1 Å². The normalized spacial score (nSPS) is 10.4. The van der Waals surface area contributed by atoms with Crippen molar-refractivity contribution in [3.05, 3.63) is 70.8 Å². The summed E-state index contributed by atoms with van der Waals surface area (Å²) in [6.45, 7) is 7.85. The Kier molecular flexibility index (Phi) is 6.53. The third-order valence-electron chi connectivity index (χ3n) is 4.05. The van der Waals surface area contributed by atoms with Gasteiger partial charge in [0, 0.05) is 18.7 Å². The fourth-order valence-corrected chi connectivity index (χ4v) is 2.45. The van der Waals surface area contributed by atoms with E-state index in [0.717, 1.165) is 25.2 Å². The summed E-state index contributed by atoms with van der Waals surface area (Å²) in [4.78, 5) is 14.5. The van der Waals surface area contributed by atoms with Gasteiger partial charge in [0.15, 0.2) is 0 Å². The van der Waals surface area contributed by atoms with Crippen LogP contribution in [0.3, 0.4) is 0 Å². The van der Waals surface area contributed by atoms with Crippen LogP contribution in [0.5, 0.6) is 0 Å². The molecule has 0 aliphatic carbocycles. The minimum absolute atomic E-state index is 0.133. The molecule has 0 fully saturated rings. The molecule has 1 amide bonds. The van der Waals surface area contributed by atoms with Crippen molar-refractivity contribution in [3.8, 4) is 6.07 Å². The zero-order chi connectivity index (χ0) is 17.4. The summed E-state index contributed by atoms with van der Waals surface area (Å²) in [5, 5.41) is 11.7. The first kappa shape index (κ1) is 17.7. The lowest BCUT2D eigenvalue weighted by Crippen LogP contribution is -2.23. The Bertz CT molecular complexity index is 695. The van der Waals surface area contributed by atoms with Crippen molar-refractivity contribution >= 4 is 5.91 Å². The van der Waals surface area contributed by atoms with Gasteiger partial charge in [-0.05, 0) is 48.5 Å². The van der Waals surface area contributed by atoms with E-state index in [2.05, 4.69) is 48.3 Å². The molecule has 2 rings (SSSR count). The number of nitriles is 1. The van der Waals surface area contributed by atoms with Crippen LogP contribution in [0.1, 0.15) is 40.9 Å². The van der Waals surface area contributed by atoms with Gasteiger partial charge in [0.1, 0.15) is 0 Å². The molecule has 2 aromatic rings. The molecule has 0 aliphatic heterocycles. The Morgan fingerprint density at radius 3 is 2.12 bits per heavy atom. The van der Waals surface area contributed by atoms with Gasteiger partial charge < -0.3 is 5.32 Å². The molecule has 0 atom stereocenters. The van der Waals surface area contributed by atoms with Gasteiger partial charge in [-0.2, -0.15) is 5.26 Å². The summed E-state index contributed by atoms with van der Waals surface area (Å²) in [6, 6.07) is 17.0. The maximum Gasteiger partial charge on any atom is 0.251 e. The predicted octanol–water partition coefficient (Wildman–Crippen LogP) is 3.33. The van der Waals surface area contributed by atoms with E-state index in [0.29, 0.717) is 17.7 Å². The highest BCUT2D eigenvalue weighted by Gasteiger charge is 2.06. The lowest BCUT2D eigenvalue weighted by molar-refractivity contribution is 0.0951. The monoisotopic (exact) mass is 321 g/mol. The summed E-state index contributed by atoms with van der Waals surface area (Å²) >= 11 is 0. The molecule has 0 spiro atoms. The molecule has 0 aromatic heterocycles. The zero-order valence-corrected chi connectivity index (χ0v) is 14.2. The molecule has 0 saturated heterocycles. The lowest BCUT2D eigenvalue weighted by Gasteiger charge is -2.18. The molecular formula is C20H23N3O. The topological polar surface area (TPSA) is 56.1 Å². The van der Waals surface area contributed by atoms with E-state index >= 15 is 0 Å². The smallest absolute Gasteiger partial charge is 0.251 e. The van der Waals surface area contributed by atoms with E-state index in [1.54, 1.807) is 24.3 Å². The van der Waals surface area contributed by atoms with Gasteiger partial charge in [0.25, 0.3) is 5.91 Å². The highest BCUT2D eigenvalue weighted by Crippen LogP contribution is 2.08. The molecule has 24 heavy (non-hydrogen) atoms. The Labute approximate surface area is 143 Å². The van der Waals surface area contributed by atoms with Crippen LogP contribution in [0.25, 0.3) is 0 Å². The first-order valence-corrected chi connectivity index (χ1v) is 8.24. The van der Waals surface area contributed by atoms with Gasteiger partial charge in [-0.3, -0.25) is 9.69 Å². The molecule has 0 saturated carbocycles. The Hall–Kier alpha value is -2.64. The zero-order valence-electron chi connectivity index (χ0n) is 14.2. The van der Waals surface area contributed by atoms with E-state index in [-0.39, 0.29) is 5.91 Å². The second-order valence-electron chi connectivity index (χ2n) is 5.65. The van der Waals surface area contributed by atoms with E-state index < -0.39 is 0 Å². The van der Waals surface area contributed by atoms with Crippen molar-refractivity contribution in [3.63, 3.8) is 0 Å². The number of nitrogens with one attached hydrogen (secondary N) is 1. The Morgan fingerprint density at radius 1 is 1.00 bits per heavy atom. The number of hydrogen-bond donors (Lipinski definition) is 1. The number of rotatable bonds is 7. The fraction of sp³-hybridized carbons (Fsp3) is 0.300. The van der Waals surface area contributed by atoms with E-state index in [4.69, 9.17) is 5.26 Å². The van der Waals surface area contributed by atoms with Crippen LogP contribution in [0.4, 0.5) is 0 Å². The molecule has 0 unspecified atom stereocenters. The van der Waals surface area contributed by atoms with Gasteiger partial charge in [0.2, 0.25) is 0 Å². The van der Waals surface area contributed by atoms with Crippen molar-refractivity contribution in [2.45, 2.75) is 26.9 Å². The maximum absolute atomic E-state index is 12.1. The molecule has 1 N–H and O–H groups in total. The number of benzene rings is 2. The van der Waals surface area contributed by atoms with Crippen molar-refractivity contribution < 1.29 is 4.79 Å². The second kappa shape index (κ2) is 8.85. The van der Waals surface area contributed by atoms with Crippen LogP contribution in [0, 0.1) is 11.3 Å². The number of carbonyl (C=O) groups is 1. The minimum Gasteiger partial charge on any atom is -0.348 e. The number of nitrogens with zero attached hydrogens (tertiary/aromatic N) is 2. The molecule has 4 nitrogen and oxygen atoms in total. The standard InChI is InChI=1S/C20H23N3O/c1-3-23(4-2)15-18-7-5-17(6-8-18)14-22-20(24)19-11-9-16(13-21)10-12-19/h5-12H,3-4,14-15H2,1-2H3,(H,22,24). The number of amides is 1. The molecule has 0 aliphatic rings. The molecule has 0 radical (unpaired) electrons. The van der Waals surface area contributed by atoms with Gasteiger partial charge in [-0.1, -0.05) is 38.1 Å². The quantitative estimate of drug-likeness (QED) is 0.851.